The van der Waals surface area contributed by atoms with E-state index < -0.39 is 29.2 Å². The number of halogens is 1. The summed E-state index contributed by atoms with van der Waals surface area (Å²) in [4.78, 5) is 28.0. The van der Waals surface area contributed by atoms with Gasteiger partial charge in [-0.1, -0.05) is 30.3 Å². The van der Waals surface area contributed by atoms with Gasteiger partial charge in [0, 0.05) is 11.2 Å². The summed E-state index contributed by atoms with van der Waals surface area (Å²) in [5, 5.41) is 2.90. The highest BCUT2D eigenvalue weighted by Gasteiger charge is 2.36. The van der Waals surface area contributed by atoms with Crippen molar-refractivity contribution in [1.82, 2.24) is 5.32 Å². The second kappa shape index (κ2) is 8.31. The SMILES string of the molecule is CC(C)(C)NC(=O)[C@H](c1cccc(F)c1)N(C(=O)c1ccco1)c1ccccc1. The maximum absolute atomic E-state index is 14.0. The van der Waals surface area contributed by atoms with Crippen LogP contribution in [0.15, 0.2) is 77.4 Å². The van der Waals surface area contributed by atoms with Crippen LogP contribution in [0.2, 0.25) is 0 Å². The van der Waals surface area contributed by atoms with Gasteiger partial charge in [-0.25, -0.2) is 4.39 Å². The standard InChI is InChI=1S/C23H23FN2O3/c1-23(2,3)25-21(27)20(16-9-7-10-17(24)15-16)26(18-11-5-4-6-12-18)22(28)19-13-8-14-29-19/h4-15,20H,1-3H3,(H,25,27)/t20-/m0/s1. The average molecular weight is 394 g/mol. The van der Waals surface area contributed by atoms with Crippen LogP contribution in [0.1, 0.15) is 42.9 Å². The Bertz CT molecular complexity index is 979. The van der Waals surface area contributed by atoms with Crippen molar-refractivity contribution in [3.63, 3.8) is 0 Å². The Morgan fingerprint density at radius 2 is 1.72 bits per heavy atom. The van der Waals surface area contributed by atoms with Gasteiger partial charge >= 0.3 is 0 Å². The van der Waals surface area contributed by atoms with Crippen LogP contribution in [-0.2, 0) is 4.79 Å². The predicted octanol–water partition coefficient (Wildman–Crippen LogP) is 4.72. The minimum Gasteiger partial charge on any atom is -0.459 e. The molecular weight excluding hydrogens is 371 g/mol. The van der Waals surface area contributed by atoms with Crippen molar-refractivity contribution in [3.05, 3.63) is 90.1 Å². The third-order valence-corrected chi connectivity index (χ3v) is 4.15. The zero-order chi connectivity index (χ0) is 21.0. The van der Waals surface area contributed by atoms with Crippen molar-refractivity contribution in [2.75, 3.05) is 4.90 Å². The number of carbonyl (C=O) groups excluding carboxylic acids is 2. The van der Waals surface area contributed by atoms with Crippen molar-refractivity contribution in [1.29, 1.82) is 0 Å². The van der Waals surface area contributed by atoms with Gasteiger partial charge < -0.3 is 9.73 Å². The molecule has 6 heteroatoms. The second-order valence-electron chi connectivity index (χ2n) is 7.68. The largest absolute Gasteiger partial charge is 0.459 e. The predicted molar refractivity (Wildman–Crippen MR) is 109 cm³/mol. The maximum Gasteiger partial charge on any atom is 0.294 e. The van der Waals surface area contributed by atoms with Crippen LogP contribution in [0.3, 0.4) is 0 Å². The van der Waals surface area contributed by atoms with Crippen LogP contribution in [0.4, 0.5) is 10.1 Å². The number of carbonyl (C=O) groups is 2. The molecule has 0 fully saturated rings. The lowest BCUT2D eigenvalue weighted by Crippen LogP contribution is -2.49. The fourth-order valence-electron chi connectivity index (χ4n) is 3.02. The molecule has 3 aromatic rings. The zero-order valence-corrected chi connectivity index (χ0v) is 16.6. The number of hydrogen-bond acceptors (Lipinski definition) is 3. The molecular formula is C23H23FN2O3. The van der Waals surface area contributed by atoms with Crippen molar-refractivity contribution >= 4 is 17.5 Å². The molecule has 1 N–H and O–H groups in total. The van der Waals surface area contributed by atoms with E-state index in [0.717, 1.165) is 0 Å². The van der Waals surface area contributed by atoms with Crippen LogP contribution in [0.25, 0.3) is 0 Å². The summed E-state index contributed by atoms with van der Waals surface area (Å²) in [6, 6.07) is 16.5. The van der Waals surface area contributed by atoms with E-state index in [1.165, 1.54) is 35.4 Å². The molecule has 3 rings (SSSR count). The molecule has 2 amide bonds. The fraction of sp³-hybridized carbons (Fsp3) is 0.217. The molecule has 0 unspecified atom stereocenters. The van der Waals surface area contributed by atoms with Crippen molar-refractivity contribution in [2.45, 2.75) is 32.4 Å². The molecule has 0 bridgehead atoms. The van der Waals surface area contributed by atoms with Gasteiger partial charge in [0.1, 0.15) is 11.9 Å². The van der Waals surface area contributed by atoms with Gasteiger partial charge in [0.15, 0.2) is 5.76 Å². The first kappa shape index (κ1) is 20.3. The van der Waals surface area contributed by atoms with E-state index in [4.69, 9.17) is 4.42 Å². The number of rotatable bonds is 5. The maximum atomic E-state index is 14.0. The number of hydrogen-bond donors (Lipinski definition) is 1. The zero-order valence-electron chi connectivity index (χ0n) is 16.6. The Hall–Kier alpha value is -3.41. The van der Waals surface area contributed by atoms with Gasteiger partial charge in [0.2, 0.25) is 5.91 Å². The summed E-state index contributed by atoms with van der Waals surface area (Å²) < 4.78 is 19.3. The van der Waals surface area contributed by atoms with Gasteiger partial charge in [-0.3, -0.25) is 14.5 Å². The summed E-state index contributed by atoms with van der Waals surface area (Å²) in [7, 11) is 0. The molecule has 5 nitrogen and oxygen atoms in total. The highest BCUT2D eigenvalue weighted by atomic mass is 19.1. The van der Waals surface area contributed by atoms with E-state index in [1.54, 1.807) is 36.4 Å². The minimum absolute atomic E-state index is 0.0822. The molecule has 0 saturated heterocycles. The van der Waals surface area contributed by atoms with E-state index in [0.29, 0.717) is 11.3 Å². The number of amides is 2. The lowest BCUT2D eigenvalue weighted by molar-refractivity contribution is -0.123. The van der Waals surface area contributed by atoms with Crippen LogP contribution in [0, 0.1) is 5.82 Å². The molecule has 0 aliphatic carbocycles. The van der Waals surface area contributed by atoms with E-state index in [-0.39, 0.29) is 5.76 Å². The quantitative estimate of drug-likeness (QED) is 0.681. The van der Waals surface area contributed by atoms with E-state index >= 15 is 0 Å². The van der Waals surface area contributed by atoms with Crippen LogP contribution < -0.4 is 10.2 Å². The van der Waals surface area contributed by atoms with Crippen molar-refractivity contribution in [3.8, 4) is 0 Å². The molecule has 0 radical (unpaired) electrons. The van der Waals surface area contributed by atoms with Gasteiger partial charge in [0.05, 0.1) is 6.26 Å². The Morgan fingerprint density at radius 1 is 1.00 bits per heavy atom. The van der Waals surface area contributed by atoms with Gasteiger partial charge in [-0.05, 0) is 62.7 Å². The second-order valence-corrected chi connectivity index (χ2v) is 7.68. The molecule has 29 heavy (non-hydrogen) atoms. The summed E-state index contributed by atoms with van der Waals surface area (Å²) in [6.07, 6.45) is 1.39. The molecule has 150 valence electrons. The third-order valence-electron chi connectivity index (χ3n) is 4.15. The van der Waals surface area contributed by atoms with Gasteiger partial charge in [0.25, 0.3) is 5.91 Å². The molecule has 2 aromatic carbocycles. The Labute approximate surface area is 169 Å². The summed E-state index contributed by atoms with van der Waals surface area (Å²) >= 11 is 0. The lowest BCUT2D eigenvalue weighted by Gasteiger charge is -2.33. The summed E-state index contributed by atoms with van der Waals surface area (Å²) in [5.74, 6) is -1.33. The van der Waals surface area contributed by atoms with Crippen LogP contribution in [0.5, 0.6) is 0 Å². The normalized spacial score (nSPS) is 12.3. The number of para-hydroxylation sites is 1. The van der Waals surface area contributed by atoms with Crippen molar-refractivity contribution < 1.29 is 18.4 Å². The van der Waals surface area contributed by atoms with Crippen LogP contribution in [-0.4, -0.2) is 17.4 Å². The molecule has 1 atom stereocenters. The smallest absolute Gasteiger partial charge is 0.294 e. The first-order chi connectivity index (χ1) is 13.8. The lowest BCUT2D eigenvalue weighted by atomic mass is 10.0. The fourth-order valence-corrected chi connectivity index (χ4v) is 3.02. The topological polar surface area (TPSA) is 62.6 Å². The van der Waals surface area contributed by atoms with Gasteiger partial charge in [-0.15, -0.1) is 0 Å². The Kier molecular flexibility index (Phi) is 5.82. The molecule has 1 aromatic heterocycles. The molecule has 0 saturated carbocycles. The Morgan fingerprint density at radius 3 is 2.31 bits per heavy atom. The third kappa shape index (κ3) is 4.90. The number of benzene rings is 2. The molecule has 0 aliphatic rings. The number of nitrogens with one attached hydrogen (secondary N) is 1. The first-order valence-corrected chi connectivity index (χ1v) is 9.26. The van der Waals surface area contributed by atoms with Crippen LogP contribution >= 0.6 is 0 Å². The highest BCUT2D eigenvalue weighted by Crippen LogP contribution is 2.30. The van der Waals surface area contributed by atoms with E-state index in [2.05, 4.69) is 5.32 Å². The van der Waals surface area contributed by atoms with E-state index in [9.17, 15) is 14.0 Å². The summed E-state index contributed by atoms with van der Waals surface area (Å²) in [6.45, 7) is 5.53. The minimum atomic E-state index is -1.09. The number of anilines is 1. The number of nitrogens with zero attached hydrogens (tertiary/aromatic N) is 1. The first-order valence-electron chi connectivity index (χ1n) is 9.26. The molecule has 0 aliphatic heterocycles. The van der Waals surface area contributed by atoms with E-state index in [1.807, 2.05) is 26.8 Å². The highest BCUT2D eigenvalue weighted by molar-refractivity contribution is 6.08. The molecule has 1 heterocycles. The van der Waals surface area contributed by atoms with Crippen molar-refractivity contribution in [2.24, 2.45) is 0 Å². The summed E-state index contributed by atoms with van der Waals surface area (Å²) in [5.41, 5.74) is 0.307. The monoisotopic (exact) mass is 394 g/mol. The average Bonchev–Trinajstić information content (AvgIpc) is 3.19. The Balaban J connectivity index is 2.16. The number of furan rings is 1. The van der Waals surface area contributed by atoms with Gasteiger partial charge in [-0.2, -0.15) is 0 Å². The molecule has 0 spiro atoms.